The van der Waals surface area contributed by atoms with Crippen LogP contribution in [0.25, 0.3) is 0 Å². The zero-order chi connectivity index (χ0) is 17.2. The minimum Gasteiger partial charge on any atom is -0.352 e. The summed E-state index contributed by atoms with van der Waals surface area (Å²) in [6, 6.07) is 6.91. The third-order valence-electron chi connectivity index (χ3n) is 3.48. The zero-order valence-electron chi connectivity index (χ0n) is 14.4. The van der Waals surface area contributed by atoms with E-state index >= 15 is 0 Å². The monoisotopic (exact) mass is 401 g/mol. The summed E-state index contributed by atoms with van der Waals surface area (Å²) in [4.78, 5) is 28.0. The molecule has 0 atom stereocenters. The van der Waals surface area contributed by atoms with Gasteiger partial charge in [0.1, 0.15) is 0 Å². The van der Waals surface area contributed by atoms with E-state index in [9.17, 15) is 9.59 Å². The van der Waals surface area contributed by atoms with Crippen molar-refractivity contribution in [2.45, 2.75) is 25.8 Å². The highest BCUT2D eigenvalue weighted by Gasteiger charge is 2.07. The number of aryl methyl sites for hydroxylation is 1. The predicted octanol–water partition coefficient (Wildman–Crippen LogP) is 2.22. The summed E-state index contributed by atoms with van der Waals surface area (Å²) < 4.78 is 1.84. The van der Waals surface area contributed by atoms with Crippen LogP contribution in [0, 0.1) is 0 Å². The number of nitrogens with zero attached hydrogens (tertiary/aromatic N) is 2. The summed E-state index contributed by atoms with van der Waals surface area (Å²) in [5.74, 6) is -0.259. The van der Waals surface area contributed by atoms with Crippen LogP contribution in [0.1, 0.15) is 29.6 Å². The molecule has 1 aromatic carbocycles. The molecule has 0 aliphatic rings. The minimum atomic E-state index is -0.151. The highest BCUT2D eigenvalue weighted by atomic mass is 35.5. The van der Waals surface area contributed by atoms with Gasteiger partial charge in [-0.2, -0.15) is 0 Å². The molecule has 144 valence electrons. The Kier molecular flexibility index (Phi) is 12.1. The van der Waals surface area contributed by atoms with Gasteiger partial charge in [0.15, 0.2) is 0 Å². The molecular formula is C17H25Cl2N5O2. The molecule has 4 N–H and O–H groups in total. The van der Waals surface area contributed by atoms with Gasteiger partial charge in [0, 0.05) is 43.2 Å². The molecular weight excluding hydrogens is 377 g/mol. The van der Waals surface area contributed by atoms with E-state index in [0.717, 1.165) is 12.8 Å². The summed E-state index contributed by atoms with van der Waals surface area (Å²) in [5, 5.41) is 5.65. The van der Waals surface area contributed by atoms with Gasteiger partial charge in [-0.15, -0.1) is 24.8 Å². The van der Waals surface area contributed by atoms with E-state index < -0.39 is 0 Å². The molecule has 2 amide bonds. The number of rotatable bonds is 9. The van der Waals surface area contributed by atoms with Crippen LogP contribution in [-0.2, 0) is 11.3 Å². The lowest BCUT2D eigenvalue weighted by Crippen LogP contribution is -2.25. The van der Waals surface area contributed by atoms with Crippen molar-refractivity contribution in [2.24, 2.45) is 5.73 Å². The molecule has 0 radical (unpaired) electrons. The normalized spacial score (nSPS) is 9.58. The Balaban J connectivity index is 0.00000312. The average molecular weight is 402 g/mol. The highest BCUT2D eigenvalue weighted by molar-refractivity contribution is 5.97. The molecule has 0 fully saturated rings. The molecule has 26 heavy (non-hydrogen) atoms. The maximum absolute atomic E-state index is 12.1. The topological polar surface area (TPSA) is 102 Å². The Morgan fingerprint density at radius 3 is 2.69 bits per heavy atom. The highest BCUT2D eigenvalue weighted by Crippen LogP contribution is 2.11. The van der Waals surface area contributed by atoms with Gasteiger partial charge in [0.25, 0.3) is 5.91 Å². The lowest BCUT2D eigenvalue weighted by Gasteiger charge is -2.08. The van der Waals surface area contributed by atoms with Crippen molar-refractivity contribution in [3.8, 4) is 0 Å². The van der Waals surface area contributed by atoms with Crippen molar-refractivity contribution in [1.82, 2.24) is 14.9 Å². The van der Waals surface area contributed by atoms with Crippen LogP contribution in [-0.4, -0.2) is 34.5 Å². The second-order valence-corrected chi connectivity index (χ2v) is 5.43. The second-order valence-electron chi connectivity index (χ2n) is 5.43. The van der Waals surface area contributed by atoms with Gasteiger partial charge < -0.3 is 20.9 Å². The van der Waals surface area contributed by atoms with Crippen molar-refractivity contribution < 1.29 is 9.59 Å². The zero-order valence-corrected chi connectivity index (χ0v) is 16.0. The lowest BCUT2D eigenvalue weighted by atomic mass is 10.2. The Morgan fingerprint density at radius 2 is 2.00 bits per heavy atom. The van der Waals surface area contributed by atoms with E-state index in [1.807, 2.05) is 10.8 Å². The summed E-state index contributed by atoms with van der Waals surface area (Å²) >= 11 is 0. The predicted molar refractivity (Wildman–Crippen MR) is 107 cm³/mol. The third kappa shape index (κ3) is 8.33. The van der Waals surface area contributed by atoms with Crippen LogP contribution in [0.15, 0.2) is 43.0 Å². The standard InChI is InChI=1S/C17H23N5O2.2ClH/c18-7-1-2-8-20-17(24)14-4-3-5-15(12-14)21-16(23)6-10-22-11-9-19-13-22;;/h3-5,9,11-13H,1-2,6-8,10,18H2,(H,20,24)(H,21,23);2*1H. The molecule has 1 heterocycles. The van der Waals surface area contributed by atoms with Gasteiger partial charge in [-0.05, 0) is 37.6 Å². The molecule has 0 unspecified atom stereocenters. The van der Waals surface area contributed by atoms with Crippen LogP contribution >= 0.6 is 24.8 Å². The van der Waals surface area contributed by atoms with Crippen molar-refractivity contribution in [3.63, 3.8) is 0 Å². The van der Waals surface area contributed by atoms with E-state index in [-0.39, 0.29) is 36.6 Å². The fraction of sp³-hybridized carbons (Fsp3) is 0.353. The van der Waals surface area contributed by atoms with Gasteiger partial charge in [0.05, 0.1) is 6.33 Å². The van der Waals surface area contributed by atoms with Gasteiger partial charge in [-0.1, -0.05) is 6.07 Å². The van der Waals surface area contributed by atoms with Crippen molar-refractivity contribution in [2.75, 3.05) is 18.4 Å². The number of carbonyl (C=O) groups excluding carboxylic acids is 2. The number of unbranched alkanes of at least 4 members (excludes halogenated alkanes) is 1. The van der Waals surface area contributed by atoms with Crippen LogP contribution in [0.4, 0.5) is 5.69 Å². The summed E-state index contributed by atoms with van der Waals surface area (Å²) in [6.45, 7) is 1.78. The lowest BCUT2D eigenvalue weighted by molar-refractivity contribution is -0.116. The van der Waals surface area contributed by atoms with Crippen molar-refractivity contribution in [1.29, 1.82) is 0 Å². The summed E-state index contributed by atoms with van der Waals surface area (Å²) in [6.07, 6.45) is 7.23. The first-order chi connectivity index (χ1) is 11.7. The van der Waals surface area contributed by atoms with E-state index in [1.54, 1.807) is 36.8 Å². The number of halogens is 2. The van der Waals surface area contributed by atoms with Crippen LogP contribution < -0.4 is 16.4 Å². The molecule has 2 aromatic rings. The molecule has 0 saturated carbocycles. The maximum atomic E-state index is 12.1. The summed E-state index contributed by atoms with van der Waals surface area (Å²) in [7, 11) is 0. The smallest absolute Gasteiger partial charge is 0.251 e. The number of hydrogen-bond acceptors (Lipinski definition) is 4. The molecule has 0 saturated heterocycles. The van der Waals surface area contributed by atoms with Gasteiger partial charge in [-0.25, -0.2) is 4.98 Å². The number of anilines is 1. The fourth-order valence-corrected chi connectivity index (χ4v) is 2.18. The molecule has 9 heteroatoms. The van der Waals surface area contributed by atoms with Gasteiger partial charge in [0.2, 0.25) is 5.91 Å². The number of nitrogens with one attached hydrogen (secondary N) is 2. The largest absolute Gasteiger partial charge is 0.352 e. The van der Waals surface area contributed by atoms with E-state index in [0.29, 0.717) is 37.3 Å². The number of hydrogen-bond donors (Lipinski definition) is 3. The first kappa shape index (κ1) is 23.9. The molecule has 0 aliphatic heterocycles. The van der Waals surface area contributed by atoms with Crippen molar-refractivity contribution in [3.05, 3.63) is 48.5 Å². The second kappa shape index (κ2) is 13.2. The van der Waals surface area contributed by atoms with E-state index in [4.69, 9.17) is 5.73 Å². The molecule has 0 spiro atoms. The average Bonchev–Trinajstić information content (AvgIpc) is 3.10. The van der Waals surface area contributed by atoms with Gasteiger partial charge in [-0.3, -0.25) is 9.59 Å². The molecule has 7 nitrogen and oxygen atoms in total. The third-order valence-corrected chi connectivity index (χ3v) is 3.48. The number of nitrogens with two attached hydrogens (primary N) is 1. The number of carbonyl (C=O) groups is 2. The van der Waals surface area contributed by atoms with Crippen LogP contribution in [0.5, 0.6) is 0 Å². The minimum absolute atomic E-state index is 0. The number of amides is 2. The van der Waals surface area contributed by atoms with E-state index in [1.165, 1.54) is 0 Å². The fourth-order valence-electron chi connectivity index (χ4n) is 2.18. The molecule has 0 aliphatic carbocycles. The Morgan fingerprint density at radius 1 is 1.19 bits per heavy atom. The number of imidazole rings is 1. The SMILES string of the molecule is Cl.Cl.NCCCCNC(=O)c1cccc(NC(=O)CCn2ccnc2)c1. The Labute approximate surface area is 165 Å². The summed E-state index contributed by atoms with van der Waals surface area (Å²) in [5.41, 5.74) is 6.56. The number of aromatic nitrogens is 2. The molecule has 1 aromatic heterocycles. The first-order valence-electron chi connectivity index (χ1n) is 8.03. The van der Waals surface area contributed by atoms with E-state index in [2.05, 4.69) is 15.6 Å². The quantitative estimate of drug-likeness (QED) is 0.560. The first-order valence-corrected chi connectivity index (χ1v) is 8.03. The molecule has 0 bridgehead atoms. The van der Waals surface area contributed by atoms with Crippen LogP contribution in [0.3, 0.4) is 0 Å². The van der Waals surface area contributed by atoms with Gasteiger partial charge >= 0.3 is 0 Å². The maximum Gasteiger partial charge on any atom is 0.251 e. The van der Waals surface area contributed by atoms with Crippen molar-refractivity contribution >= 4 is 42.3 Å². The van der Waals surface area contributed by atoms with Crippen LogP contribution in [0.2, 0.25) is 0 Å². The Hall–Kier alpha value is -2.09. The Bertz CT molecular complexity index is 665. The molecule has 2 rings (SSSR count). The number of benzene rings is 1.